The van der Waals surface area contributed by atoms with Crippen molar-refractivity contribution in [2.24, 2.45) is 5.92 Å². The number of benzene rings is 1. The van der Waals surface area contributed by atoms with Crippen LogP contribution in [0.5, 0.6) is 0 Å². The molecule has 1 saturated carbocycles. The Kier molecular flexibility index (Phi) is 3.81. The topological polar surface area (TPSA) is 69.6 Å². The van der Waals surface area contributed by atoms with Gasteiger partial charge in [-0.1, -0.05) is 30.7 Å². The van der Waals surface area contributed by atoms with E-state index in [0.717, 1.165) is 24.8 Å². The SMILES string of the molecule is O=C(NCc1cccc(B(O)O)c1)C1CCC1. The Bertz CT molecular complexity index is 404. The minimum absolute atomic E-state index is 0.103. The number of carbonyl (C=O) groups is 1. The molecule has 1 aromatic rings. The predicted octanol–water partition coefficient (Wildman–Crippen LogP) is -0.217. The van der Waals surface area contributed by atoms with Crippen molar-refractivity contribution in [3.05, 3.63) is 29.8 Å². The van der Waals surface area contributed by atoms with Gasteiger partial charge in [-0.25, -0.2) is 0 Å². The van der Waals surface area contributed by atoms with Crippen LogP contribution >= 0.6 is 0 Å². The zero-order valence-electron chi connectivity index (χ0n) is 9.60. The van der Waals surface area contributed by atoms with E-state index in [4.69, 9.17) is 10.0 Å². The molecule has 0 aromatic heterocycles. The molecule has 0 spiro atoms. The summed E-state index contributed by atoms with van der Waals surface area (Å²) in [4.78, 5) is 11.6. The summed E-state index contributed by atoms with van der Waals surface area (Å²) in [5, 5.41) is 20.9. The summed E-state index contributed by atoms with van der Waals surface area (Å²) in [5.74, 6) is 0.285. The fourth-order valence-corrected chi connectivity index (χ4v) is 1.87. The molecule has 1 fully saturated rings. The van der Waals surface area contributed by atoms with E-state index >= 15 is 0 Å². The highest BCUT2D eigenvalue weighted by molar-refractivity contribution is 6.58. The highest BCUT2D eigenvalue weighted by Gasteiger charge is 2.24. The molecule has 0 heterocycles. The fourth-order valence-electron chi connectivity index (χ4n) is 1.87. The smallest absolute Gasteiger partial charge is 0.423 e. The molecule has 1 aromatic carbocycles. The van der Waals surface area contributed by atoms with Crippen LogP contribution in [-0.4, -0.2) is 23.1 Å². The van der Waals surface area contributed by atoms with E-state index in [9.17, 15) is 4.79 Å². The van der Waals surface area contributed by atoms with E-state index in [1.807, 2.05) is 6.07 Å². The standard InChI is InChI=1S/C12H16BNO3/c15-12(10-4-2-5-10)14-8-9-3-1-6-11(7-9)13(16)17/h1,3,6-7,10,16-17H,2,4-5,8H2,(H,14,15). The van der Waals surface area contributed by atoms with Gasteiger partial charge in [0.1, 0.15) is 0 Å². The maximum Gasteiger partial charge on any atom is 0.488 e. The molecular weight excluding hydrogens is 217 g/mol. The van der Waals surface area contributed by atoms with Crippen LogP contribution in [0.1, 0.15) is 24.8 Å². The van der Waals surface area contributed by atoms with Crippen molar-refractivity contribution in [1.82, 2.24) is 5.32 Å². The predicted molar refractivity (Wildman–Crippen MR) is 65.5 cm³/mol. The van der Waals surface area contributed by atoms with Gasteiger partial charge in [-0.15, -0.1) is 0 Å². The molecule has 0 bridgehead atoms. The minimum Gasteiger partial charge on any atom is -0.423 e. The zero-order valence-corrected chi connectivity index (χ0v) is 9.60. The largest absolute Gasteiger partial charge is 0.488 e. The first-order chi connectivity index (χ1) is 8.16. The number of carbonyl (C=O) groups excluding carboxylic acids is 1. The molecule has 3 N–H and O–H groups in total. The van der Waals surface area contributed by atoms with Crippen molar-refractivity contribution < 1.29 is 14.8 Å². The van der Waals surface area contributed by atoms with Crippen LogP contribution in [0.25, 0.3) is 0 Å². The Labute approximate surface area is 101 Å². The van der Waals surface area contributed by atoms with Crippen molar-refractivity contribution >= 4 is 18.5 Å². The molecular formula is C12H16BNO3. The van der Waals surface area contributed by atoms with Gasteiger partial charge < -0.3 is 15.4 Å². The van der Waals surface area contributed by atoms with E-state index in [2.05, 4.69) is 5.32 Å². The van der Waals surface area contributed by atoms with Gasteiger partial charge in [0, 0.05) is 12.5 Å². The quantitative estimate of drug-likeness (QED) is 0.630. The fraction of sp³-hybridized carbons (Fsp3) is 0.417. The van der Waals surface area contributed by atoms with Gasteiger partial charge in [0.05, 0.1) is 0 Å². The lowest BCUT2D eigenvalue weighted by atomic mass is 9.79. The third-order valence-electron chi connectivity index (χ3n) is 3.19. The summed E-state index contributed by atoms with van der Waals surface area (Å²) in [6.45, 7) is 0.440. The molecule has 2 rings (SSSR count). The molecule has 17 heavy (non-hydrogen) atoms. The monoisotopic (exact) mass is 233 g/mol. The summed E-state index contributed by atoms with van der Waals surface area (Å²) in [7, 11) is -1.46. The first kappa shape index (κ1) is 12.1. The highest BCUT2D eigenvalue weighted by atomic mass is 16.4. The lowest BCUT2D eigenvalue weighted by Gasteiger charge is -2.24. The second-order valence-corrected chi connectivity index (χ2v) is 4.46. The molecule has 1 amide bonds. The van der Waals surface area contributed by atoms with E-state index in [1.165, 1.54) is 0 Å². The second kappa shape index (κ2) is 5.34. The summed E-state index contributed by atoms with van der Waals surface area (Å²) in [6.07, 6.45) is 3.12. The molecule has 0 unspecified atom stereocenters. The van der Waals surface area contributed by atoms with Gasteiger partial charge in [-0.3, -0.25) is 4.79 Å². The molecule has 0 atom stereocenters. The first-order valence-corrected chi connectivity index (χ1v) is 5.89. The van der Waals surface area contributed by atoms with Crippen molar-refractivity contribution in [3.8, 4) is 0 Å². The Morgan fingerprint density at radius 3 is 2.76 bits per heavy atom. The van der Waals surface area contributed by atoms with Gasteiger partial charge in [-0.2, -0.15) is 0 Å². The van der Waals surface area contributed by atoms with Gasteiger partial charge in [0.25, 0.3) is 0 Å². The van der Waals surface area contributed by atoms with Crippen LogP contribution in [0.15, 0.2) is 24.3 Å². The number of nitrogens with one attached hydrogen (secondary N) is 1. The Morgan fingerprint density at radius 2 is 2.18 bits per heavy atom. The molecule has 0 saturated heterocycles. The van der Waals surface area contributed by atoms with Gasteiger partial charge in [0.15, 0.2) is 0 Å². The second-order valence-electron chi connectivity index (χ2n) is 4.46. The van der Waals surface area contributed by atoms with Gasteiger partial charge >= 0.3 is 7.12 Å². The van der Waals surface area contributed by atoms with Crippen molar-refractivity contribution in [3.63, 3.8) is 0 Å². The highest BCUT2D eigenvalue weighted by Crippen LogP contribution is 2.26. The van der Waals surface area contributed by atoms with Crippen LogP contribution in [-0.2, 0) is 11.3 Å². The average Bonchev–Trinajstić information content (AvgIpc) is 2.24. The lowest BCUT2D eigenvalue weighted by Crippen LogP contribution is -2.34. The normalized spacial score (nSPS) is 15.2. The molecule has 0 aliphatic heterocycles. The molecule has 0 radical (unpaired) electrons. The van der Waals surface area contributed by atoms with Crippen LogP contribution < -0.4 is 10.8 Å². The first-order valence-electron chi connectivity index (χ1n) is 5.89. The minimum atomic E-state index is -1.46. The van der Waals surface area contributed by atoms with Crippen molar-refractivity contribution in [2.75, 3.05) is 0 Å². The lowest BCUT2D eigenvalue weighted by molar-refractivity contribution is -0.127. The third kappa shape index (κ3) is 3.08. The third-order valence-corrected chi connectivity index (χ3v) is 3.19. The molecule has 90 valence electrons. The zero-order chi connectivity index (χ0) is 12.3. The van der Waals surface area contributed by atoms with Crippen molar-refractivity contribution in [1.29, 1.82) is 0 Å². The van der Waals surface area contributed by atoms with Crippen LogP contribution in [0.2, 0.25) is 0 Å². The number of amides is 1. The van der Waals surface area contributed by atoms with Crippen LogP contribution in [0, 0.1) is 5.92 Å². The summed E-state index contributed by atoms with van der Waals surface area (Å²) in [5.41, 5.74) is 1.32. The molecule has 1 aliphatic carbocycles. The van der Waals surface area contributed by atoms with Crippen LogP contribution in [0.3, 0.4) is 0 Å². The van der Waals surface area contributed by atoms with Gasteiger partial charge in [-0.05, 0) is 23.9 Å². The number of hydrogen-bond acceptors (Lipinski definition) is 3. The van der Waals surface area contributed by atoms with E-state index in [0.29, 0.717) is 12.0 Å². The van der Waals surface area contributed by atoms with Crippen molar-refractivity contribution in [2.45, 2.75) is 25.8 Å². The molecule has 5 heteroatoms. The number of rotatable bonds is 4. The Morgan fingerprint density at radius 1 is 1.41 bits per heavy atom. The Balaban J connectivity index is 1.89. The maximum absolute atomic E-state index is 11.6. The van der Waals surface area contributed by atoms with E-state index in [1.54, 1.807) is 18.2 Å². The Hall–Kier alpha value is -1.33. The summed E-state index contributed by atoms with van der Waals surface area (Å²) in [6, 6.07) is 6.93. The molecule has 1 aliphatic rings. The van der Waals surface area contributed by atoms with Crippen LogP contribution in [0.4, 0.5) is 0 Å². The maximum atomic E-state index is 11.6. The summed E-state index contributed by atoms with van der Waals surface area (Å²) >= 11 is 0. The van der Waals surface area contributed by atoms with Gasteiger partial charge in [0.2, 0.25) is 5.91 Å². The molecule has 4 nitrogen and oxygen atoms in total. The summed E-state index contributed by atoms with van der Waals surface area (Å²) < 4.78 is 0. The van der Waals surface area contributed by atoms with E-state index < -0.39 is 7.12 Å². The average molecular weight is 233 g/mol. The van der Waals surface area contributed by atoms with E-state index in [-0.39, 0.29) is 11.8 Å². The number of hydrogen-bond donors (Lipinski definition) is 3.